The number of rotatable bonds is 3. The third-order valence-electron chi connectivity index (χ3n) is 2.36. The Hall–Kier alpha value is -1.52. The Morgan fingerprint density at radius 3 is 2.53 bits per heavy atom. The Morgan fingerprint density at radius 1 is 1.35 bits per heavy atom. The summed E-state index contributed by atoms with van der Waals surface area (Å²) in [5.74, 6) is -0.283. The summed E-state index contributed by atoms with van der Waals surface area (Å²) in [6, 6.07) is 7.19. The maximum Gasteiger partial charge on any atom is 0.338 e. The molecule has 0 aliphatic heterocycles. The van der Waals surface area contributed by atoms with E-state index < -0.39 is 5.97 Å². The van der Waals surface area contributed by atoms with Crippen molar-refractivity contribution in [3.05, 3.63) is 39.5 Å². The maximum absolute atomic E-state index is 11.1. The predicted molar refractivity (Wildman–Crippen MR) is 68.3 cm³/mol. The minimum Gasteiger partial charge on any atom is -0.497 e. The number of hydrogen-bond acceptors (Lipinski definition) is 3. The first-order valence-corrected chi connectivity index (χ1v) is 6.04. The van der Waals surface area contributed by atoms with Gasteiger partial charge in [0.25, 0.3) is 0 Å². The van der Waals surface area contributed by atoms with Crippen LogP contribution in [-0.4, -0.2) is 18.2 Å². The topological polar surface area (TPSA) is 46.5 Å². The lowest BCUT2D eigenvalue weighted by molar-refractivity contribution is 0.0698. The average Bonchev–Trinajstić information content (AvgIpc) is 2.71. The van der Waals surface area contributed by atoms with Crippen molar-refractivity contribution < 1.29 is 14.6 Å². The van der Waals surface area contributed by atoms with Gasteiger partial charge in [0.05, 0.1) is 12.7 Å². The summed E-state index contributed by atoms with van der Waals surface area (Å²) in [6.45, 7) is 0. The fourth-order valence-electron chi connectivity index (χ4n) is 1.52. The van der Waals surface area contributed by atoms with Crippen LogP contribution >= 0.6 is 22.9 Å². The van der Waals surface area contributed by atoms with Crippen LogP contribution in [-0.2, 0) is 0 Å². The highest BCUT2D eigenvalue weighted by atomic mass is 35.5. The lowest BCUT2D eigenvalue weighted by Gasteiger charge is -2.03. The van der Waals surface area contributed by atoms with Gasteiger partial charge in [0, 0.05) is 10.9 Å². The zero-order chi connectivity index (χ0) is 12.4. The van der Waals surface area contributed by atoms with E-state index in [1.165, 1.54) is 11.3 Å². The Labute approximate surface area is 107 Å². The second kappa shape index (κ2) is 4.77. The van der Waals surface area contributed by atoms with Crippen molar-refractivity contribution >= 4 is 28.9 Å². The molecule has 0 spiro atoms. The number of carboxylic acids is 1. The molecule has 0 radical (unpaired) electrons. The number of hydrogen-bond donors (Lipinski definition) is 1. The standard InChI is InChI=1S/C12H9ClO3S/c1-16-8-4-2-7(3-5-8)9-6-17-11(13)10(9)12(14)15/h2-6H,1H3,(H,14,15). The largest absolute Gasteiger partial charge is 0.497 e. The normalized spacial score (nSPS) is 10.2. The number of methoxy groups -OCH3 is 1. The number of halogens is 1. The summed E-state index contributed by atoms with van der Waals surface area (Å²) in [7, 11) is 1.58. The molecular formula is C12H9ClO3S. The second-order valence-corrected chi connectivity index (χ2v) is 4.81. The van der Waals surface area contributed by atoms with Gasteiger partial charge in [0.1, 0.15) is 10.1 Å². The van der Waals surface area contributed by atoms with Gasteiger partial charge in [0.15, 0.2) is 0 Å². The molecule has 1 aromatic heterocycles. The molecule has 0 unspecified atom stereocenters. The van der Waals surface area contributed by atoms with Crippen LogP contribution in [0.5, 0.6) is 5.75 Å². The molecule has 1 aromatic carbocycles. The van der Waals surface area contributed by atoms with Crippen LogP contribution in [0.1, 0.15) is 10.4 Å². The third-order valence-corrected chi connectivity index (χ3v) is 3.58. The van der Waals surface area contributed by atoms with Crippen LogP contribution in [0.25, 0.3) is 11.1 Å². The molecule has 0 aliphatic carbocycles. The summed E-state index contributed by atoms with van der Waals surface area (Å²) >= 11 is 7.08. The molecule has 3 nitrogen and oxygen atoms in total. The van der Waals surface area contributed by atoms with Gasteiger partial charge >= 0.3 is 5.97 Å². The highest BCUT2D eigenvalue weighted by Gasteiger charge is 2.18. The van der Waals surface area contributed by atoms with Gasteiger partial charge in [-0.25, -0.2) is 4.79 Å². The van der Waals surface area contributed by atoms with Gasteiger partial charge in [-0.15, -0.1) is 11.3 Å². The predicted octanol–water partition coefficient (Wildman–Crippen LogP) is 3.78. The van der Waals surface area contributed by atoms with E-state index in [2.05, 4.69) is 0 Å². The van der Waals surface area contributed by atoms with E-state index in [4.69, 9.17) is 21.4 Å². The van der Waals surface area contributed by atoms with Crippen LogP contribution in [0.15, 0.2) is 29.6 Å². The van der Waals surface area contributed by atoms with Gasteiger partial charge in [-0.05, 0) is 17.7 Å². The van der Waals surface area contributed by atoms with Gasteiger partial charge in [-0.3, -0.25) is 0 Å². The molecule has 0 saturated heterocycles. The van der Waals surface area contributed by atoms with Crippen LogP contribution in [0.2, 0.25) is 4.34 Å². The van der Waals surface area contributed by atoms with E-state index in [-0.39, 0.29) is 5.56 Å². The molecule has 0 atom stereocenters. The van der Waals surface area contributed by atoms with Crippen molar-refractivity contribution in [2.45, 2.75) is 0 Å². The summed E-state index contributed by atoms with van der Waals surface area (Å²) < 4.78 is 5.34. The van der Waals surface area contributed by atoms with Crippen molar-refractivity contribution in [1.29, 1.82) is 0 Å². The van der Waals surface area contributed by atoms with E-state index in [1.54, 1.807) is 24.6 Å². The number of carbonyl (C=O) groups is 1. The van der Waals surface area contributed by atoms with E-state index in [9.17, 15) is 4.79 Å². The molecule has 1 heterocycles. The first-order valence-electron chi connectivity index (χ1n) is 4.78. The molecular weight excluding hydrogens is 260 g/mol. The van der Waals surface area contributed by atoms with Gasteiger partial charge < -0.3 is 9.84 Å². The molecule has 0 amide bonds. The van der Waals surface area contributed by atoms with E-state index in [0.717, 1.165) is 11.3 Å². The van der Waals surface area contributed by atoms with Crippen molar-refractivity contribution in [1.82, 2.24) is 0 Å². The molecule has 5 heteroatoms. The number of benzene rings is 1. The van der Waals surface area contributed by atoms with E-state index in [1.807, 2.05) is 12.1 Å². The Bertz CT molecular complexity index is 545. The molecule has 2 aromatic rings. The van der Waals surface area contributed by atoms with E-state index in [0.29, 0.717) is 9.90 Å². The second-order valence-electron chi connectivity index (χ2n) is 3.33. The zero-order valence-corrected chi connectivity index (χ0v) is 10.5. The lowest BCUT2D eigenvalue weighted by atomic mass is 10.0. The number of thiophene rings is 1. The van der Waals surface area contributed by atoms with Gasteiger partial charge in [0.2, 0.25) is 0 Å². The summed E-state index contributed by atoms with van der Waals surface area (Å²) in [5, 5.41) is 10.8. The lowest BCUT2D eigenvalue weighted by Crippen LogP contribution is -1.97. The van der Waals surface area contributed by atoms with Gasteiger partial charge in [-0.2, -0.15) is 0 Å². The number of carboxylic acid groups (broad SMARTS) is 1. The molecule has 17 heavy (non-hydrogen) atoms. The Morgan fingerprint density at radius 2 is 2.00 bits per heavy atom. The Kier molecular flexibility index (Phi) is 3.36. The Balaban J connectivity index is 2.49. The summed E-state index contributed by atoms with van der Waals surface area (Å²) in [6.07, 6.45) is 0. The van der Waals surface area contributed by atoms with Crippen LogP contribution < -0.4 is 4.74 Å². The summed E-state index contributed by atoms with van der Waals surface area (Å²) in [4.78, 5) is 11.1. The quantitative estimate of drug-likeness (QED) is 0.922. The molecule has 88 valence electrons. The first kappa shape index (κ1) is 12.0. The minimum atomic E-state index is -1.01. The van der Waals surface area contributed by atoms with Crippen LogP contribution in [0, 0.1) is 0 Å². The molecule has 2 rings (SSSR count). The summed E-state index contributed by atoms with van der Waals surface area (Å²) in [5.41, 5.74) is 1.60. The van der Waals surface area contributed by atoms with Crippen molar-refractivity contribution in [2.75, 3.05) is 7.11 Å². The third kappa shape index (κ3) is 2.28. The molecule has 1 N–H and O–H groups in total. The van der Waals surface area contributed by atoms with E-state index >= 15 is 0 Å². The molecule has 0 fully saturated rings. The van der Waals surface area contributed by atoms with Crippen LogP contribution in [0.3, 0.4) is 0 Å². The number of ether oxygens (including phenoxy) is 1. The van der Waals surface area contributed by atoms with Crippen molar-refractivity contribution in [3.8, 4) is 16.9 Å². The fraction of sp³-hybridized carbons (Fsp3) is 0.0833. The van der Waals surface area contributed by atoms with Crippen molar-refractivity contribution in [2.24, 2.45) is 0 Å². The highest BCUT2D eigenvalue weighted by Crippen LogP contribution is 2.35. The zero-order valence-electron chi connectivity index (χ0n) is 8.94. The SMILES string of the molecule is COc1ccc(-c2csc(Cl)c2C(=O)O)cc1. The monoisotopic (exact) mass is 268 g/mol. The minimum absolute atomic E-state index is 0.154. The fourth-order valence-corrected chi connectivity index (χ4v) is 2.62. The smallest absolute Gasteiger partial charge is 0.338 e. The maximum atomic E-state index is 11.1. The molecule has 0 aliphatic rings. The highest BCUT2D eigenvalue weighted by molar-refractivity contribution is 7.15. The van der Waals surface area contributed by atoms with Crippen LogP contribution in [0.4, 0.5) is 0 Å². The average molecular weight is 269 g/mol. The van der Waals surface area contributed by atoms with Gasteiger partial charge in [-0.1, -0.05) is 23.7 Å². The first-order chi connectivity index (χ1) is 8.13. The number of aromatic carboxylic acids is 1. The molecule has 0 bridgehead atoms. The van der Waals surface area contributed by atoms with Crippen molar-refractivity contribution in [3.63, 3.8) is 0 Å². The molecule has 0 saturated carbocycles.